The van der Waals surface area contributed by atoms with E-state index in [1.807, 2.05) is 23.8 Å². The quantitative estimate of drug-likeness (QED) is 0.616. The lowest BCUT2D eigenvalue weighted by atomic mass is 10.3. The highest BCUT2D eigenvalue weighted by atomic mass is 32.1. The van der Waals surface area contributed by atoms with Gasteiger partial charge in [-0.05, 0) is 47.5 Å². The van der Waals surface area contributed by atoms with Gasteiger partial charge in [-0.2, -0.15) is 11.3 Å². The van der Waals surface area contributed by atoms with Crippen LogP contribution in [0.3, 0.4) is 0 Å². The molecule has 0 radical (unpaired) electrons. The van der Waals surface area contributed by atoms with Crippen molar-refractivity contribution in [1.82, 2.24) is 4.98 Å². The van der Waals surface area contributed by atoms with E-state index in [0.717, 1.165) is 11.3 Å². The van der Waals surface area contributed by atoms with Gasteiger partial charge in [0.15, 0.2) is 0 Å². The van der Waals surface area contributed by atoms with Crippen LogP contribution in [0.25, 0.3) is 6.08 Å². The summed E-state index contributed by atoms with van der Waals surface area (Å²) in [6.07, 6.45) is 4.66. The van der Waals surface area contributed by atoms with Crippen LogP contribution in [0.1, 0.15) is 11.3 Å². The summed E-state index contributed by atoms with van der Waals surface area (Å²) in [6.45, 7) is 1.88. The minimum atomic E-state index is -0.401. The van der Waals surface area contributed by atoms with Gasteiger partial charge in [0.1, 0.15) is 5.75 Å². The summed E-state index contributed by atoms with van der Waals surface area (Å²) in [4.78, 5) is 15.5. The van der Waals surface area contributed by atoms with Gasteiger partial charge in [0.05, 0.1) is 6.20 Å². The largest absolute Gasteiger partial charge is 0.422 e. The molecule has 2 aromatic rings. The van der Waals surface area contributed by atoms with Crippen LogP contribution in [0, 0.1) is 6.92 Å². The molecule has 17 heavy (non-hydrogen) atoms. The molecule has 0 aliphatic rings. The van der Waals surface area contributed by atoms with Gasteiger partial charge in [-0.25, -0.2) is 4.79 Å². The predicted molar refractivity (Wildman–Crippen MR) is 68.0 cm³/mol. The third kappa shape index (κ3) is 3.53. The minimum absolute atomic E-state index is 0.401. The third-order valence-corrected chi connectivity index (χ3v) is 2.76. The van der Waals surface area contributed by atoms with Crippen molar-refractivity contribution in [3.05, 3.63) is 52.5 Å². The van der Waals surface area contributed by atoms with Crippen LogP contribution < -0.4 is 4.74 Å². The van der Waals surface area contributed by atoms with Crippen molar-refractivity contribution in [2.24, 2.45) is 0 Å². The Morgan fingerprint density at radius 3 is 2.94 bits per heavy atom. The van der Waals surface area contributed by atoms with E-state index < -0.39 is 5.97 Å². The molecule has 0 fully saturated rings. The second-order valence-corrected chi connectivity index (χ2v) is 4.23. The first-order valence-electron chi connectivity index (χ1n) is 5.09. The van der Waals surface area contributed by atoms with Gasteiger partial charge in [0.2, 0.25) is 0 Å². The van der Waals surface area contributed by atoms with Crippen molar-refractivity contribution in [2.75, 3.05) is 0 Å². The number of aryl methyl sites for hydroxylation is 1. The number of hydrogen-bond donors (Lipinski definition) is 0. The number of hydrogen-bond acceptors (Lipinski definition) is 4. The van der Waals surface area contributed by atoms with Crippen molar-refractivity contribution in [3.8, 4) is 5.75 Å². The molecule has 0 spiro atoms. The summed E-state index contributed by atoms with van der Waals surface area (Å²) in [5.74, 6) is 0.0532. The molecule has 0 aliphatic carbocycles. The normalized spacial score (nSPS) is 10.6. The minimum Gasteiger partial charge on any atom is -0.422 e. The van der Waals surface area contributed by atoms with E-state index in [9.17, 15) is 4.79 Å². The van der Waals surface area contributed by atoms with E-state index >= 15 is 0 Å². The Hall–Kier alpha value is -1.94. The molecule has 0 N–H and O–H groups in total. The number of aromatic nitrogens is 1. The molecule has 2 heterocycles. The number of nitrogens with zero attached hydrogens (tertiary/aromatic N) is 1. The topological polar surface area (TPSA) is 39.2 Å². The average Bonchev–Trinajstić information content (AvgIpc) is 2.83. The highest BCUT2D eigenvalue weighted by Crippen LogP contribution is 2.10. The van der Waals surface area contributed by atoms with E-state index in [4.69, 9.17) is 4.74 Å². The Morgan fingerprint density at radius 2 is 2.29 bits per heavy atom. The lowest BCUT2D eigenvalue weighted by Crippen LogP contribution is -2.03. The number of thiophene rings is 1. The number of ether oxygens (including phenoxy) is 1. The molecule has 0 saturated carbocycles. The summed E-state index contributed by atoms with van der Waals surface area (Å²) in [6, 6.07) is 5.45. The molecule has 0 bridgehead atoms. The fraction of sp³-hybridized carbons (Fsp3) is 0.0769. The zero-order chi connectivity index (χ0) is 12.1. The highest BCUT2D eigenvalue weighted by molar-refractivity contribution is 7.08. The second kappa shape index (κ2) is 5.41. The van der Waals surface area contributed by atoms with E-state index in [1.165, 1.54) is 12.3 Å². The molecule has 0 unspecified atom stereocenters. The maximum absolute atomic E-state index is 11.5. The molecule has 0 amide bonds. The Bertz CT molecular complexity index is 515. The molecule has 2 aromatic heterocycles. The van der Waals surface area contributed by atoms with E-state index in [-0.39, 0.29) is 0 Å². The SMILES string of the molecule is Cc1ccc(OC(=O)/C=C/c2ccsc2)cn1. The van der Waals surface area contributed by atoms with Crippen LogP contribution in [0.15, 0.2) is 41.2 Å². The molecular weight excluding hydrogens is 234 g/mol. The molecule has 0 atom stereocenters. The van der Waals surface area contributed by atoms with Gasteiger partial charge >= 0.3 is 5.97 Å². The molecule has 0 aliphatic heterocycles. The summed E-state index contributed by atoms with van der Waals surface area (Å²) < 4.78 is 5.08. The van der Waals surface area contributed by atoms with Crippen molar-refractivity contribution in [2.45, 2.75) is 6.92 Å². The van der Waals surface area contributed by atoms with Gasteiger partial charge in [-0.15, -0.1) is 0 Å². The average molecular weight is 245 g/mol. The third-order valence-electron chi connectivity index (χ3n) is 2.06. The van der Waals surface area contributed by atoms with Gasteiger partial charge in [-0.3, -0.25) is 4.98 Å². The lowest BCUT2D eigenvalue weighted by Gasteiger charge is -2.00. The number of carbonyl (C=O) groups is 1. The fourth-order valence-electron chi connectivity index (χ4n) is 1.20. The van der Waals surface area contributed by atoms with Crippen LogP contribution in [-0.2, 0) is 4.79 Å². The van der Waals surface area contributed by atoms with Crippen LogP contribution >= 0.6 is 11.3 Å². The maximum Gasteiger partial charge on any atom is 0.336 e. The summed E-state index contributed by atoms with van der Waals surface area (Å²) in [5.41, 5.74) is 1.88. The Balaban J connectivity index is 1.95. The molecule has 2 rings (SSSR count). The van der Waals surface area contributed by atoms with Gasteiger partial charge in [0.25, 0.3) is 0 Å². The molecule has 0 aromatic carbocycles. The molecular formula is C13H11NO2S. The van der Waals surface area contributed by atoms with Crippen molar-refractivity contribution >= 4 is 23.4 Å². The fourth-order valence-corrected chi connectivity index (χ4v) is 1.83. The highest BCUT2D eigenvalue weighted by Gasteiger charge is 2.00. The molecule has 4 heteroatoms. The lowest BCUT2D eigenvalue weighted by molar-refractivity contribution is -0.128. The van der Waals surface area contributed by atoms with Crippen LogP contribution in [0.4, 0.5) is 0 Å². The van der Waals surface area contributed by atoms with E-state index in [0.29, 0.717) is 5.75 Å². The first-order chi connectivity index (χ1) is 8.24. The second-order valence-electron chi connectivity index (χ2n) is 3.45. The Morgan fingerprint density at radius 1 is 1.41 bits per heavy atom. The Kier molecular flexibility index (Phi) is 3.67. The smallest absolute Gasteiger partial charge is 0.336 e. The zero-order valence-corrected chi connectivity index (χ0v) is 10.1. The Labute approximate surface area is 103 Å². The van der Waals surface area contributed by atoms with E-state index in [1.54, 1.807) is 29.5 Å². The van der Waals surface area contributed by atoms with Crippen LogP contribution in [-0.4, -0.2) is 11.0 Å². The molecule has 86 valence electrons. The number of rotatable bonds is 3. The standard InChI is InChI=1S/C13H11NO2S/c1-10-2-4-12(8-14-10)16-13(15)5-3-11-6-7-17-9-11/h2-9H,1H3/b5-3+. The summed E-state index contributed by atoms with van der Waals surface area (Å²) in [7, 11) is 0. The molecule has 3 nitrogen and oxygen atoms in total. The van der Waals surface area contributed by atoms with Gasteiger partial charge < -0.3 is 4.74 Å². The van der Waals surface area contributed by atoms with E-state index in [2.05, 4.69) is 4.98 Å². The summed E-state index contributed by atoms with van der Waals surface area (Å²) >= 11 is 1.58. The summed E-state index contributed by atoms with van der Waals surface area (Å²) in [5, 5.41) is 3.91. The molecule has 0 saturated heterocycles. The van der Waals surface area contributed by atoms with Crippen molar-refractivity contribution in [3.63, 3.8) is 0 Å². The van der Waals surface area contributed by atoms with Crippen LogP contribution in [0.2, 0.25) is 0 Å². The maximum atomic E-state index is 11.5. The zero-order valence-electron chi connectivity index (χ0n) is 9.29. The number of pyridine rings is 1. The van der Waals surface area contributed by atoms with Crippen molar-refractivity contribution in [1.29, 1.82) is 0 Å². The van der Waals surface area contributed by atoms with Gasteiger partial charge in [0, 0.05) is 11.8 Å². The number of esters is 1. The monoisotopic (exact) mass is 245 g/mol. The van der Waals surface area contributed by atoms with Gasteiger partial charge in [-0.1, -0.05) is 0 Å². The predicted octanol–water partition coefficient (Wildman–Crippen LogP) is 3.07. The van der Waals surface area contributed by atoms with Crippen LogP contribution in [0.5, 0.6) is 5.75 Å². The first kappa shape index (κ1) is 11.5. The number of carbonyl (C=O) groups excluding carboxylic acids is 1. The first-order valence-corrected chi connectivity index (χ1v) is 6.03. The van der Waals surface area contributed by atoms with Crippen molar-refractivity contribution < 1.29 is 9.53 Å².